The molecule has 2 aromatic carbocycles. The SMILES string of the molecule is CCCC(C)NC(=O)C1CCC(=O)N(c2ccc(C)cc2)C1c1ccc(OC)c(OC)c1. The fraction of sp³-hybridized carbons (Fsp3) is 0.462. The van der Waals surface area contributed by atoms with E-state index < -0.39 is 6.04 Å². The van der Waals surface area contributed by atoms with Gasteiger partial charge in [-0.15, -0.1) is 0 Å². The van der Waals surface area contributed by atoms with Gasteiger partial charge in [-0.3, -0.25) is 9.59 Å². The molecule has 0 saturated carbocycles. The summed E-state index contributed by atoms with van der Waals surface area (Å²) in [6.45, 7) is 6.14. The number of nitrogens with one attached hydrogen (secondary N) is 1. The normalized spacial score (nSPS) is 19.4. The second-order valence-corrected chi connectivity index (χ2v) is 8.50. The zero-order chi connectivity index (χ0) is 23.3. The van der Waals surface area contributed by atoms with Crippen LogP contribution >= 0.6 is 0 Å². The van der Waals surface area contributed by atoms with E-state index in [2.05, 4.69) is 12.2 Å². The molecular formula is C26H34N2O4. The third-order valence-electron chi connectivity index (χ3n) is 6.11. The largest absolute Gasteiger partial charge is 0.493 e. The molecule has 1 aliphatic rings. The van der Waals surface area contributed by atoms with Gasteiger partial charge in [-0.05, 0) is 56.5 Å². The molecule has 6 heteroatoms. The van der Waals surface area contributed by atoms with E-state index in [0.717, 1.165) is 29.7 Å². The Morgan fingerprint density at radius 2 is 1.81 bits per heavy atom. The van der Waals surface area contributed by atoms with E-state index in [0.29, 0.717) is 24.3 Å². The minimum atomic E-state index is -0.437. The monoisotopic (exact) mass is 438 g/mol. The number of piperidine rings is 1. The summed E-state index contributed by atoms with van der Waals surface area (Å²) in [6, 6.07) is 13.1. The number of amides is 2. The highest BCUT2D eigenvalue weighted by Crippen LogP contribution is 2.42. The van der Waals surface area contributed by atoms with Gasteiger partial charge < -0.3 is 19.7 Å². The molecule has 0 bridgehead atoms. The third-order valence-corrected chi connectivity index (χ3v) is 6.11. The van der Waals surface area contributed by atoms with Crippen LogP contribution in [0.15, 0.2) is 42.5 Å². The number of aryl methyl sites for hydroxylation is 1. The lowest BCUT2D eigenvalue weighted by molar-refractivity contribution is -0.129. The minimum absolute atomic E-state index is 0.0132. The summed E-state index contributed by atoms with van der Waals surface area (Å²) in [5.41, 5.74) is 2.75. The van der Waals surface area contributed by atoms with E-state index >= 15 is 0 Å². The molecule has 0 aromatic heterocycles. The molecule has 1 fully saturated rings. The van der Waals surface area contributed by atoms with Crippen LogP contribution in [0.1, 0.15) is 56.7 Å². The van der Waals surface area contributed by atoms with Crippen molar-refractivity contribution in [2.24, 2.45) is 5.92 Å². The van der Waals surface area contributed by atoms with Crippen molar-refractivity contribution in [3.8, 4) is 11.5 Å². The Hall–Kier alpha value is -3.02. The van der Waals surface area contributed by atoms with Gasteiger partial charge in [-0.2, -0.15) is 0 Å². The molecule has 32 heavy (non-hydrogen) atoms. The Kier molecular flexibility index (Phi) is 7.78. The van der Waals surface area contributed by atoms with E-state index in [1.807, 2.05) is 56.3 Å². The Bertz CT molecular complexity index is 941. The lowest BCUT2D eigenvalue weighted by Crippen LogP contribution is -2.49. The van der Waals surface area contributed by atoms with Crippen molar-refractivity contribution in [1.29, 1.82) is 0 Å². The third kappa shape index (κ3) is 5.06. The van der Waals surface area contributed by atoms with Crippen LogP contribution in [0.3, 0.4) is 0 Å². The number of benzene rings is 2. The van der Waals surface area contributed by atoms with Gasteiger partial charge in [0.05, 0.1) is 26.2 Å². The van der Waals surface area contributed by atoms with Crippen molar-refractivity contribution in [2.75, 3.05) is 19.1 Å². The minimum Gasteiger partial charge on any atom is -0.493 e. The van der Waals surface area contributed by atoms with Crippen LogP contribution in [0.2, 0.25) is 0 Å². The second kappa shape index (κ2) is 10.5. The molecule has 1 aliphatic heterocycles. The summed E-state index contributed by atoms with van der Waals surface area (Å²) in [5, 5.41) is 3.16. The predicted molar refractivity (Wildman–Crippen MR) is 126 cm³/mol. The maximum absolute atomic E-state index is 13.4. The van der Waals surface area contributed by atoms with Gasteiger partial charge in [0.15, 0.2) is 11.5 Å². The number of ether oxygens (including phenoxy) is 2. The molecule has 0 aliphatic carbocycles. The van der Waals surface area contributed by atoms with E-state index in [-0.39, 0.29) is 23.8 Å². The summed E-state index contributed by atoms with van der Waals surface area (Å²) in [7, 11) is 3.17. The number of carbonyl (C=O) groups excluding carboxylic acids is 2. The molecule has 3 rings (SSSR count). The quantitative estimate of drug-likeness (QED) is 0.643. The molecule has 2 aromatic rings. The first kappa shape index (κ1) is 23.6. The molecule has 6 nitrogen and oxygen atoms in total. The van der Waals surface area contributed by atoms with Gasteiger partial charge in [0, 0.05) is 18.2 Å². The summed E-state index contributed by atoms with van der Waals surface area (Å²) in [4.78, 5) is 28.3. The van der Waals surface area contributed by atoms with Gasteiger partial charge in [-0.25, -0.2) is 0 Å². The number of methoxy groups -OCH3 is 2. The molecular weight excluding hydrogens is 404 g/mol. The fourth-order valence-corrected chi connectivity index (χ4v) is 4.45. The van der Waals surface area contributed by atoms with Crippen molar-refractivity contribution in [2.45, 2.75) is 58.5 Å². The molecule has 3 atom stereocenters. The summed E-state index contributed by atoms with van der Waals surface area (Å²) >= 11 is 0. The molecule has 1 heterocycles. The lowest BCUT2D eigenvalue weighted by atomic mass is 9.82. The zero-order valence-electron chi connectivity index (χ0n) is 19.7. The smallest absolute Gasteiger partial charge is 0.227 e. The van der Waals surface area contributed by atoms with Crippen LogP contribution in [0.5, 0.6) is 11.5 Å². The van der Waals surface area contributed by atoms with Crippen molar-refractivity contribution in [1.82, 2.24) is 5.32 Å². The second-order valence-electron chi connectivity index (χ2n) is 8.50. The van der Waals surface area contributed by atoms with Crippen LogP contribution < -0.4 is 19.7 Å². The number of anilines is 1. The molecule has 2 amide bonds. The predicted octanol–water partition coefficient (Wildman–Crippen LogP) is 4.80. The number of hydrogen-bond acceptors (Lipinski definition) is 4. The zero-order valence-corrected chi connectivity index (χ0v) is 19.7. The van der Waals surface area contributed by atoms with E-state index in [1.54, 1.807) is 19.1 Å². The molecule has 1 saturated heterocycles. The van der Waals surface area contributed by atoms with Crippen LogP contribution in [-0.4, -0.2) is 32.1 Å². The molecule has 172 valence electrons. The number of rotatable bonds is 8. The average molecular weight is 439 g/mol. The van der Waals surface area contributed by atoms with Gasteiger partial charge in [-0.1, -0.05) is 37.1 Å². The standard InChI is InChI=1S/C26H34N2O4/c1-6-7-18(3)27-26(30)21-13-15-24(29)28(20-11-8-17(2)9-12-20)25(21)19-10-14-22(31-4)23(16-19)32-5/h8-12,14,16,18,21,25H,6-7,13,15H2,1-5H3,(H,27,30). The van der Waals surface area contributed by atoms with Gasteiger partial charge in [0.25, 0.3) is 0 Å². The number of carbonyl (C=O) groups is 2. The summed E-state index contributed by atoms with van der Waals surface area (Å²) < 4.78 is 10.9. The highest BCUT2D eigenvalue weighted by atomic mass is 16.5. The van der Waals surface area contributed by atoms with E-state index in [1.165, 1.54) is 0 Å². The topological polar surface area (TPSA) is 67.9 Å². The highest BCUT2D eigenvalue weighted by molar-refractivity contribution is 5.97. The first-order valence-electron chi connectivity index (χ1n) is 11.3. The molecule has 0 radical (unpaired) electrons. The van der Waals surface area contributed by atoms with Gasteiger partial charge >= 0.3 is 0 Å². The molecule has 0 spiro atoms. The van der Waals surface area contributed by atoms with E-state index in [4.69, 9.17) is 9.47 Å². The first-order valence-corrected chi connectivity index (χ1v) is 11.3. The number of nitrogens with zero attached hydrogens (tertiary/aromatic N) is 1. The molecule has 1 N–H and O–H groups in total. The lowest BCUT2D eigenvalue weighted by Gasteiger charge is -2.41. The van der Waals surface area contributed by atoms with Gasteiger partial charge in [0.2, 0.25) is 11.8 Å². The van der Waals surface area contributed by atoms with E-state index in [9.17, 15) is 9.59 Å². The Morgan fingerprint density at radius 3 is 2.44 bits per heavy atom. The van der Waals surface area contributed by atoms with Crippen LogP contribution in [-0.2, 0) is 9.59 Å². The number of hydrogen-bond donors (Lipinski definition) is 1. The maximum Gasteiger partial charge on any atom is 0.227 e. The van der Waals surface area contributed by atoms with Gasteiger partial charge in [0.1, 0.15) is 0 Å². The van der Waals surface area contributed by atoms with Crippen LogP contribution in [0, 0.1) is 12.8 Å². The Morgan fingerprint density at radius 1 is 1.12 bits per heavy atom. The summed E-state index contributed by atoms with van der Waals surface area (Å²) in [6.07, 6.45) is 2.75. The van der Waals surface area contributed by atoms with Crippen LogP contribution in [0.4, 0.5) is 5.69 Å². The average Bonchev–Trinajstić information content (AvgIpc) is 2.79. The van der Waals surface area contributed by atoms with Crippen molar-refractivity contribution >= 4 is 17.5 Å². The highest BCUT2D eigenvalue weighted by Gasteiger charge is 2.42. The fourth-order valence-electron chi connectivity index (χ4n) is 4.45. The first-order chi connectivity index (χ1) is 15.4. The van der Waals surface area contributed by atoms with Crippen molar-refractivity contribution < 1.29 is 19.1 Å². The van der Waals surface area contributed by atoms with Crippen molar-refractivity contribution in [3.63, 3.8) is 0 Å². The van der Waals surface area contributed by atoms with Crippen LogP contribution in [0.25, 0.3) is 0 Å². The Labute approximate surface area is 190 Å². The molecule has 3 unspecified atom stereocenters. The summed E-state index contributed by atoms with van der Waals surface area (Å²) in [5.74, 6) is 0.810. The Balaban J connectivity index is 2.07. The maximum atomic E-state index is 13.4. The van der Waals surface area contributed by atoms with Crippen molar-refractivity contribution in [3.05, 3.63) is 53.6 Å².